The Morgan fingerprint density at radius 2 is 2.00 bits per heavy atom. The molecule has 7 nitrogen and oxygen atoms in total. The van der Waals surface area contributed by atoms with Crippen molar-refractivity contribution in [3.63, 3.8) is 0 Å². The highest BCUT2D eigenvalue weighted by atomic mass is 16.5. The highest BCUT2D eigenvalue weighted by Crippen LogP contribution is 2.31. The number of hydrogen-bond donors (Lipinski definition) is 1. The van der Waals surface area contributed by atoms with E-state index in [1.807, 2.05) is 0 Å². The second-order valence-electron chi connectivity index (χ2n) is 8.69. The smallest absolute Gasteiger partial charge is 0.224 e. The fourth-order valence-corrected chi connectivity index (χ4v) is 4.50. The van der Waals surface area contributed by atoms with Crippen molar-refractivity contribution in [2.24, 2.45) is 0 Å². The van der Waals surface area contributed by atoms with Crippen LogP contribution in [0.1, 0.15) is 32.1 Å². The standard InChI is InChI=1S/C22H30N4O3/c27-22(7-2-12-28-15-22)14-25-8-10-26(11-9-25)17-5-6-20-19(13-17)21(24-16-23-20)29-18-3-1-4-18/h5-6,13,16,18,27H,1-4,7-12,14-15H2. The van der Waals surface area contributed by atoms with Crippen LogP contribution in [-0.2, 0) is 4.74 Å². The minimum Gasteiger partial charge on any atom is -0.474 e. The van der Waals surface area contributed by atoms with E-state index >= 15 is 0 Å². The maximum Gasteiger partial charge on any atom is 0.224 e. The van der Waals surface area contributed by atoms with Gasteiger partial charge in [-0.3, -0.25) is 4.90 Å². The molecule has 3 heterocycles. The van der Waals surface area contributed by atoms with Gasteiger partial charge in [0.05, 0.1) is 17.5 Å². The summed E-state index contributed by atoms with van der Waals surface area (Å²) in [5.74, 6) is 0.708. The third-order valence-electron chi connectivity index (χ3n) is 6.47. The van der Waals surface area contributed by atoms with E-state index in [4.69, 9.17) is 9.47 Å². The third-order valence-corrected chi connectivity index (χ3v) is 6.47. The molecule has 1 unspecified atom stereocenters. The number of benzene rings is 1. The molecule has 0 spiro atoms. The monoisotopic (exact) mass is 398 g/mol. The Morgan fingerprint density at radius 1 is 1.14 bits per heavy atom. The Morgan fingerprint density at radius 3 is 2.72 bits per heavy atom. The van der Waals surface area contributed by atoms with Gasteiger partial charge in [0.2, 0.25) is 5.88 Å². The molecule has 3 aliphatic rings. The molecule has 7 heteroatoms. The number of hydrogen-bond acceptors (Lipinski definition) is 7. The van der Waals surface area contributed by atoms with Crippen LogP contribution in [0.3, 0.4) is 0 Å². The molecule has 2 aromatic rings. The Kier molecular flexibility index (Phi) is 5.28. The zero-order valence-corrected chi connectivity index (χ0v) is 16.9. The molecular weight excluding hydrogens is 368 g/mol. The molecule has 3 fully saturated rings. The van der Waals surface area contributed by atoms with Crippen molar-refractivity contribution in [1.29, 1.82) is 0 Å². The summed E-state index contributed by atoms with van der Waals surface area (Å²) in [5.41, 5.74) is 1.43. The van der Waals surface area contributed by atoms with E-state index < -0.39 is 5.60 Å². The number of ether oxygens (including phenoxy) is 2. The summed E-state index contributed by atoms with van der Waals surface area (Å²) in [5, 5.41) is 11.7. The van der Waals surface area contributed by atoms with Crippen LogP contribution in [0, 0.1) is 0 Å². The molecule has 1 atom stereocenters. The van der Waals surface area contributed by atoms with Crippen LogP contribution in [0.4, 0.5) is 5.69 Å². The van der Waals surface area contributed by atoms with Crippen LogP contribution in [0.2, 0.25) is 0 Å². The number of aliphatic hydroxyl groups is 1. The van der Waals surface area contributed by atoms with Gasteiger partial charge in [0, 0.05) is 45.0 Å². The van der Waals surface area contributed by atoms with Gasteiger partial charge in [-0.05, 0) is 50.3 Å². The summed E-state index contributed by atoms with van der Waals surface area (Å²) >= 11 is 0. The molecule has 1 aromatic carbocycles. The van der Waals surface area contributed by atoms with E-state index in [9.17, 15) is 5.11 Å². The summed E-state index contributed by atoms with van der Waals surface area (Å²) in [7, 11) is 0. The normalized spacial score (nSPS) is 26.4. The van der Waals surface area contributed by atoms with Crippen molar-refractivity contribution in [2.45, 2.75) is 43.8 Å². The first-order valence-corrected chi connectivity index (χ1v) is 10.9. The first-order chi connectivity index (χ1) is 14.2. The maximum absolute atomic E-state index is 10.7. The lowest BCUT2D eigenvalue weighted by Crippen LogP contribution is -2.54. The lowest BCUT2D eigenvalue weighted by Gasteiger charge is -2.41. The summed E-state index contributed by atoms with van der Waals surface area (Å²) in [6.07, 6.45) is 7.14. The number of β-amino-alcohol motifs (C(OH)–C–C–N with tert-alkyl or cyclic N) is 1. The van der Waals surface area contributed by atoms with Crippen molar-refractivity contribution in [3.8, 4) is 5.88 Å². The van der Waals surface area contributed by atoms with Crippen LogP contribution >= 0.6 is 0 Å². The molecule has 0 radical (unpaired) electrons. The molecule has 2 aliphatic heterocycles. The van der Waals surface area contributed by atoms with Crippen LogP contribution < -0.4 is 9.64 Å². The molecule has 0 bridgehead atoms. The lowest BCUT2D eigenvalue weighted by atomic mass is 9.96. The summed E-state index contributed by atoms with van der Waals surface area (Å²) in [6.45, 7) is 5.69. The average molecular weight is 399 g/mol. The Labute approximate surface area is 171 Å². The Bertz CT molecular complexity index is 843. The van der Waals surface area contributed by atoms with E-state index in [0.717, 1.165) is 69.4 Å². The highest BCUT2D eigenvalue weighted by Gasteiger charge is 2.33. The molecule has 156 valence electrons. The number of nitrogens with zero attached hydrogens (tertiary/aromatic N) is 4. The number of anilines is 1. The van der Waals surface area contributed by atoms with E-state index in [-0.39, 0.29) is 0 Å². The molecule has 5 rings (SSSR count). The van der Waals surface area contributed by atoms with Gasteiger partial charge in [-0.1, -0.05) is 0 Å². The second kappa shape index (κ2) is 8.05. The van der Waals surface area contributed by atoms with E-state index in [0.29, 0.717) is 25.1 Å². The van der Waals surface area contributed by atoms with Crippen LogP contribution in [-0.4, -0.2) is 77.6 Å². The van der Waals surface area contributed by atoms with Gasteiger partial charge >= 0.3 is 0 Å². The van der Waals surface area contributed by atoms with Crippen molar-refractivity contribution in [2.75, 3.05) is 50.8 Å². The van der Waals surface area contributed by atoms with Crippen LogP contribution in [0.15, 0.2) is 24.5 Å². The SMILES string of the molecule is OC1(CN2CCN(c3ccc4ncnc(OC5CCC5)c4c3)CC2)CCCOC1. The van der Waals surface area contributed by atoms with Gasteiger partial charge in [-0.2, -0.15) is 0 Å². The third kappa shape index (κ3) is 4.17. The molecule has 1 aromatic heterocycles. The predicted molar refractivity (Wildman–Crippen MR) is 111 cm³/mol. The Hall–Kier alpha value is -1.96. The van der Waals surface area contributed by atoms with E-state index in [1.54, 1.807) is 6.33 Å². The fraction of sp³-hybridized carbons (Fsp3) is 0.636. The quantitative estimate of drug-likeness (QED) is 0.828. The largest absolute Gasteiger partial charge is 0.474 e. The minimum absolute atomic E-state index is 0.301. The maximum atomic E-state index is 10.7. The predicted octanol–water partition coefficient (Wildman–Crippen LogP) is 2.22. The van der Waals surface area contributed by atoms with Gasteiger partial charge in [0.25, 0.3) is 0 Å². The van der Waals surface area contributed by atoms with Crippen molar-refractivity contribution < 1.29 is 14.6 Å². The van der Waals surface area contributed by atoms with Gasteiger partial charge < -0.3 is 19.5 Å². The Balaban J connectivity index is 1.26. The van der Waals surface area contributed by atoms with Gasteiger partial charge in [-0.15, -0.1) is 0 Å². The average Bonchev–Trinajstić information content (AvgIpc) is 2.71. The molecular formula is C22H30N4O3. The molecule has 0 amide bonds. The fourth-order valence-electron chi connectivity index (χ4n) is 4.50. The summed E-state index contributed by atoms with van der Waals surface area (Å²) in [6, 6.07) is 6.37. The van der Waals surface area contributed by atoms with E-state index in [2.05, 4.69) is 38.0 Å². The van der Waals surface area contributed by atoms with Gasteiger partial charge in [-0.25, -0.2) is 9.97 Å². The molecule has 1 N–H and O–H groups in total. The number of aromatic nitrogens is 2. The molecule has 29 heavy (non-hydrogen) atoms. The highest BCUT2D eigenvalue weighted by molar-refractivity contribution is 5.86. The van der Waals surface area contributed by atoms with Crippen molar-refractivity contribution in [1.82, 2.24) is 14.9 Å². The molecule has 1 aliphatic carbocycles. The first-order valence-electron chi connectivity index (χ1n) is 10.9. The minimum atomic E-state index is -0.686. The lowest BCUT2D eigenvalue weighted by molar-refractivity contribution is -0.100. The molecule has 1 saturated carbocycles. The van der Waals surface area contributed by atoms with E-state index in [1.165, 1.54) is 12.1 Å². The first kappa shape index (κ1) is 19.0. The zero-order valence-electron chi connectivity index (χ0n) is 16.9. The van der Waals surface area contributed by atoms with Gasteiger partial charge in [0.1, 0.15) is 18.0 Å². The second-order valence-corrected chi connectivity index (χ2v) is 8.69. The number of fused-ring (bicyclic) bond motifs is 1. The molecule has 2 saturated heterocycles. The summed E-state index contributed by atoms with van der Waals surface area (Å²) in [4.78, 5) is 13.6. The topological polar surface area (TPSA) is 71.0 Å². The van der Waals surface area contributed by atoms with Crippen molar-refractivity contribution >= 4 is 16.6 Å². The number of rotatable bonds is 5. The van der Waals surface area contributed by atoms with Gasteiger partial charge in [0.15, 0.2) is 0 Å². The van der Waals surface area contributed by atoms with Crippen molar-refractivity contribution in [3.05, 3.63) is 24.5 Å². The zero-order chi connectivity index (χ0) is 19.7. The summed E-state index contributed by atoms with van der Waals surface area (Å²) < 4.78 is 11.6. The van der Waals surface area contributed by atoms with Crippen LogP contribution in [0.5, 0.6) is 5.88 Å². The number of piperazine rings is 1. The van der Waals surface area contributed by atoms with Crippen LogP contribution in [0.25, 0.3) is 10.9 Å².